The minimum Gasteiger partial charge on any atom is -0.454 e. The molecule has 26 heavy (non-hydrogen) atoms. The van der Waals surface area contributed by atoms with E-state index in [0.29, 0.717) is 41.1 Å². The summed E-state index contributed by atoms with van der Waals surface area (Å²) >= 11 is 0. The van der Waals surface area contributed by atoms with Crippen molar-refractivity contribution in [3.8, 4) is 11.5 Å². The minimum absolute atomic E-state index is 0.171. The lowest BCUT2D eigenvalue weighted by molar-refractivity contribution is 0.102. The van der Waals surface area contributed by atoms with Crippen LogP contribution in [0.5, 0.6) is 11.5 Å². The van der Waals surface area contributed by atoms with Crippen molar-refractivity contribution in [2.24, 2.45) is 0 Å². The van der Waals surface area contributed by atoms with Crippen molar-refractivity contribution in [2.75, 3.05) is 30.6 Å². The summed E-state index contributed by atoms with van der Waals surface area (Å²) in [4.78, 5) is 21.2. The van der Waals surface area contributed by atoms with E-state index in [0.717, 1.165) is 19.4 Å². The molecule has 8 heteroatoms. The molecule has 8 nitrogen and oxygen atoms in total. The first kappa shape index (κ1) is 16.6. The molecule has 1 aromatic carbocycles. The van der Waals surface area contributed by atoms with Gasteiger partial charge in [0.05, 0.1) is 6.10 Å². The number of benzene rings is 1. The second kappa shape index (κ2) is 7.17. The van der Waals surface area contributed by atoms with Gasteiger partial charge in [-0.2, -0.15) is 0 Å². The topological polar surface area (TPSA) is 94.6 Å². The quantitative estimate of drug-likeness (QED) is 0.849. The Morgan fingerprint density at radius 3 is 2.96 bits per heavy atom. The Hall–Kier alpha value is -2.87. The summed E-state index contributed by atoms with van der Waals surface area (Å²) in [5.74, 6) is 1.40. The molecule has 0 radical (unpaired) electrons. The number of nitrogens with zero attached hydrogens (tertiary/aromatic N) is 2. The van der Waals surface area contributed by atoms with Crippen LogP contribution in [0, 0.1) is 6.92 Å². The number of carbonyl (C=O) groups excluding carboxylic acids is 1. The van der Waals surface area contributed by atoms with Crippen molar-refractivity contribution in [1.82, 2.24) is 9.97 Å². The maximum absolute atomic E-state index is 12.6. The van der Waals surface area contributed by atoms with Crippen molar-refractivity contribution in [3.05, 3.63) is 35.7 Å². The minimum atomic E-state index is -0.311. The number of rotatable bonds is 5. The standard InChI is InChI=1S/C18H20N4O4/c1-11-7-14(22-18(20-11)19-9-13-3-2-6-24-13)17(23)21-12-4-5-15-16(8-12)26-10-25-15/h4-5,7-8,13H,2-3,6,9-10H2,1H3,(H,21,23)(H,19,20,22). The number of nitrogens with one attached hydrogen (secondary N) is 2. The Balaban J connectivity index is 1.44. The number of carbonyl (C=O) groups is 1. The summed E-state index contributed by atoms with van der Waals surface area (Å²) in [6.07, 6.45) is 2.27. The molecule has 0 aliphatic carbocycles. The molecule has 0 saturated carbocycles. The fraction of sp³-hybridized carbons (Fsp3) is 0.389. The van der Waals surface area contributed by atoms with Gasteiger partial charge in [-0.3, -0.25) is 4.79 Å². The zero-order valence-electron chi connectivity index (χ0n) is 14.4. The lowest BCUT2D eigenvalue weighted by Gasteiger charge is -2.12. The largest absolute Gasteiger partial charge is 0.454 e. The molecule has 0 bridgehead atoms. The Bertz CT molecular complexity index is 821. The van der Waals surface area contributed by atoms with Gasteiger partial charge in [0.25, 0.3) is 5.91 Å². The van der Waals surface area contributed by atoms with Gasteiger partial charge in [0.1, 0.15) is 5.69 Å². The van der Waals surface area contributed by atoms with Crippen LogP contribution in [0.4, 0.5) is 11.6 Å². The van der Waals surface area contributed by atoms with Crippen LogP contribution in [0.3, 0.4) is 0 Å². The van der Waals surface area contributed by atoms with Crippen LogP contribution in [-0.4, -0.2) is 41.9 Å². The number of fused-ring (bicyclic) bond motifs is 1. The van der Waals surface area contributed by atoms with Gasteiger partial charge in [0, 0.05) is 30.6 Å². The van der Waals surface area contributed by atoms with Crippen LogP contribution >= 0.6 is 0 Å². The summed E-state index contributed by atoms with van der Waals surface area (Å²) in [6, 6.07) is 6.90. The molecule has 1 fully saturated rings. The second-order valence-corrected chi connectivity index (χ2v) is 6.26. The van der Waals surface area contributed by atoms with Gasteiger partial charge in [0.2, 0.25) is 12.7 Å². The Morgan fingerprint density at radius 1 is 1.23 bits per heavy atom. The maximum Gasteiger partial charge on any atom is 0.274 e. The van der Waals surface area contributed by atoms with E-state index in [-0.39, 0.29) is 18.8 Å². The molecule has 0 spiro atoms. The summed E-state index contributed by atoms with van der Waals surface area (Å²) in [5, 5.41) is 5.98. The third-order valence-corrected chi connectivity index (χ3v) is 4.23. The van der Waals surface area contributed by atoms with Crippen molar-refractivity contribution in [1.29, 1.82) is 0 Å². The van der Waals surface area contributed by atoms with Gasteiger partial charge in [-0.1, -0.05) is 0 Å². The molecule has 4 rings (SSSR count). The van der Waals surface area contributed by atoms with Crippen LogP contribution in [0.25, 0.3) is 0 Å². The molecule has 1 amide bonds. The predicted octanol–water partition coefficient (Wildman–Crippen LogP) is 2.36. The monoisotopic (exact) mass is 356 g/mol. The zero-order chi connectivity index (χ0) is 17.9. The molecule has 2 aromatic rings. The molecule has 2 aliphatic rings. The normalized spacial score (nSPS) is 18.0. The van der Waals surface area contributed by atoms with Crippen LogP contribution in [0.1, 0.15) is 29.0 Å². The molecular weight excluding hydrogens is 336 g/mol. The molecule has 1 saturated heterocycles. The fourth-order valence-corrected chi connectivity index (χ4v) is 2.94. The summed E-state index contributed by atoms with van der Waals surface area (Å²) in [5.41, 5.74) is 1.63. The number of amides is 1. The van der Waals surface area contributed by atoms with E-state index in [2.05, 4.69) is 20.6 Å². The third kappa shape index (κ3) is 3.70. The van der Waals surface area contributed by atoms with Crippen molar-refractivity contribution < 1.29 is 19.0 Å². The van der Waals surface area contributed by atoms with E-state index in [1.807, 2.05) is 6.92 Å². The summed E-state index contributed by atoms with van der Waals surface area (Å²) in [7, 11) is 0. The highest BCUT2D eigenvalue weighted by molar-refractivity contribution is 6.03. The van der Waals surface area contributed by atoms with Crippen LogP contribution < -0.4 is 20.1 Å². The number of aryl methyl sites for hydroxylation is 1. The highest BCUT2D eigenvalue weighted by Gasteiger charge is 2.18. The van der Waals surface area contributed by atoms with Crippen molar-refractivity contribution in [3.63, 3.8) is 0 Å². The predicted molar refractivity (Wildman–Crippen MR) is 94.8 cm³/mol. The Morgan fingerprint density at radius 2 is 2.12 bits per heavy atom. The van der Waals surface area contributed by atoms with Gasteiger partial charge in [-0.15, -0.1) is 0 Å². The smallest absolute Gasteiger partial charge is 0.274 e. The number of hydrogen-bond acceptors (Lipinski definition) is 7. The highest BCUT2D eigenvalue weighted by Crippen LogP contribution is 2.34. The first-order valence-electron chi connectivity index (χ1n) is 8.59. The molecule has 136 valence electrons. The zero-order valence-corrected chi connectivity index (χ0v) is 14.4. The molecule has 1 atom stereocenters. The first-order valence-corrected chi connectivity index (χ1v) is 8.59. The average molecular weight is 356 g/mol. The van der Waals surface area contributed by atoms with Crippen LogP contribution in [0.2, 0.25) is 0 Å². The summed E-state index contributed by atoms with van der Waals surface area (Å²) < 4.78 is 16.2. The second-order valence-electron chi connectivity index (χ2n) is 6.26. The van der Waals surface area contributed by atoms with Gasteiger partial charge >= 0.3 is 0 Å². The fourth-order valence-electron chi connectivity index (χ4n) is 2.94. The lowest BCUT2D eigenvalue weighted by Crippen LogP contribution is -2.21. The highest BCUT2D eigenvalue weighted by atomic mass is 16.7. The molecular formula is C18H20N4O4. The van der Waals surface area contributed by atoms with E-state index in [9.17, 15) is 4.79 Å². The Kier molecular flexibility index (Phi) is 4.57. The van der Waals surface area contributed by atoms with E-state index < -0.39 is 0 Å². The Labute approximate surface area is 150 Å². The number of hydrogen-bond donors (Lipinski definition) is 2. The molecule has 2 aliphatic heterocycles. The van der Waals surface area contributed by atoms with Gasteiger partial charge < -0.3 is 24.8 Å². The van der Waals surface area contributed by atoms with E-state index in [1.54, 1.807) is 24.3 Å². The number of aromatic nitrogens is 2. The van der Waals surface area contributed by atoms with Gasteiger partial charge in [-0.25, -0.2) is 9.97 Å². The SMILES string of the molecule is Cc1cc(C(=O)Nc2ccc3c(c2)OCO3)nc(NCC2CCCO2)n1. The van der Waals surface area contributed by atoms with Gasteiger partial charge in [-0.05, 0) is 38.0 Å². The lowest BCUT2D eigenvalue weighted by atomic mass is 10.2. The third-order valence-electron chi connectivity index (χ3n) is 4.23. The van der Waals surface area contributed by atoms with Crippen LogP contribution in [0.15, 0.2) is 24.3 Å². The molecule has 1 unspecified atom stereocenters. The van der Waals surface area contributed by atoms with Gasteiger partial charge in [0.15, 0.2) is 11.5 Å². The number of ether oxygens (including phenoxy) is 3. The van der Waals surface area contributed by atoms with E-state index in [1.165, 1.54) is 0 Å². The van der Waals surface area contributed by atoms with E-state index >= 15 is 0 Å². The average Bonchev–Trinajstić information content (AvgIpc) is 3.30. The maximum atomic E-state index is 12.6. The molecule has 2 N–H and O–H groups in total. The molecule has 1 aromatic heterocycles. The summed E-state index contributed by atoms with van der Waals surface area (Å²) in [6.45, 7) is 3.45. The van der Waals surface area contributed by atoms with Crippen molar-refractivity contribution in [2.45, 2.75) is 25.9 Å². The molecule has 3 heterocycles. The van der Waals surface area contributed by atoms with Crippen molar-refractivity contribution >= 4 is 17.5 Å². The number of anilines is 2. The van der Waals surface area contributed by atoms with Crippen LogP contribution in [-0.2, 0) is 4.74 Å². The van der Waals surface area contributed by atoms with E-state index in [4.69, 9.17) is 14.2 Å². The first-order chi connectivity index (χ1) is 12.7.